The number of carboxylic acids is 1. The summed E-state index contributed by atoms with van der Waals surface area (Å²) < 4.78 is 23.0. The lowest BCUT2D eigenvalue weighted by molar-refractivity contribution is -0.147. The molecule has 2 heterocycles. The number of rotatable bonds is 5. The summed E-state index contributed by atoms with van der Waals surface area (Å²) in [5, 5.41) is 9.80. The Bertz CT molecular complexity index is 770. The van der Waals surface area contributed by atoms with Crippen LogP contribution < -0.4 is 0 Å². The van der Waals surface area contributed by atoms with Gasteiger partial charge in [0.1, 0.15) is 0 Å². The smallest absolute Gasteiger partial charge is 0.314 e. The monoisotopic (exact) mass is 397 g/mol. The lowest BCUT2D eigenvalue weighted by atomic mass is 9.73. The van der Waals surface area contributed by atoms with Crippen LogP contribution >= 0.6 is 11.8 Å². The molecule has 1 N–H and O–H groups in total. The highest BCUT2D eigenvalue weighted by Gasteiger charge is 2.43. The van der Waals surface area contributed by atoms with Gasteiger partial charge in [-0.2, -0.15) is 0 Å². The van der Waals surface area contributed by atoms with E-state index in [-0.39, 0.29) is 28.4 Å². The van der Waals surface area contributed by atoms with Crippen molar-refractivity contribution in [3.63, 3.8) is 0 Å². The largest absolute Gasteiger partial charge is 0.481 e. The van der Waals surface area contributed by atoms with Gasteiger partial charge in [0.05, 0.1) is 22.7 Å². The molecule has 1 unspecified atom stereocenters. The molecule has 0 aliphatic carbocycles. The molecule has 2 aliphatic rings. The fraction of sp³-hybridized carbons (Fsp3) is 0.556. The Morgan fingerprint density at radius 3 is 2.38 bits per heavy atom. The Kier molecular flexibility index (Phi) is 5.62. The maximum Gasteiger partial charge on any atom is 0.314 e. The number of sulfone groups is 1. The summed E-state index contributed by atoms with van der Waals surface area (Å²) >= 11 is 1.40. The van der Waals surface area contributed by atoms with Gasteiger partial charge in [0.2, 0.25) is 5.91 Å². The summed E-state index contributed by atoms with van der Waals surface area (Å²) in [5.74, 6) is -0.263. The van der Waals surface area contributed by atoms with Crippen molar-refractivity contribution in [2.24, 2.45) is 0 Å². The van der Waals surface area contributed by atoms with Gasteiger partial charge in [0.25, 0.3) is 0 Å². The van der Waals surface area contributed by atoms with E-state index in [4.69, 9.17) is 0 Å². The molecule has 0 radical (unpaired) electrons. The molecule has 0 bridgehead atoms. The summed E-state index contributed by atoms with van der Waals surface area (Å²) in [6, 6.07) is 9.20. The van der Waals surface area contributed by atoms with E-state index in [2.05, 4.69) is 0 Å². The van der Waals surface area contributed by atoms with Crippen molar-refractivity contribution in [2.45, 2.75) is 29.9 Å². The summed E-state index contributed by atoms with van der Waals surface area (Å²) in [7, 11) is -2.93. The minimum absolute atomic E-state index is 0.00355. The molecule has 142 valence electrons. The summed E-state index contributed by atoms with van der Waals surface area (Å²) in [4.78, 5) is 26.1. The predicted octanol–water partition coefficient (Wildman–Crippen LogP) is 1.55. The molecule has 2 fully saturated rings. The van der Waals surface area contributed by atoms with E-state index in [9.17, 15) is 23.1 Å². The van der Waals surface area contributed by atoms with E-state index in [1.807, 2.05) is 30.3 Å². The van der Waals surface area contributed by atoms with Crippen LogP contribution in [0.25, 0.3) is 0 Å². The van der Waals surface area contributed by atoms with Crippen molar-refractivity contribution >= 4 is 33.5 Å². The Morgan fingerprint density at radius 1 is 1.19 bits per heavy atom. The van der Waals surface area contributed by atoms with E-state index < -0.39 is 21.2 Å². The second kappa shape index (κ2) is 7.60. The van der Waals surface area contributed by atoms with Crippen LogP contribution in [0.15, 0.2) is 30.3 Å². The number of carboxylic acid groups (broad SMARTS) is 1. The molecular weight excluding hydrogens is 374 g/mol. The van der Waals surface area contributed by atoms with Gasteiger partial charge in [0.15, 0.2) is 9.84 Å². The average molecular weight is 398 g/mol. The summed E-state index contributed by atoms with van der Waals surface area (Å²) in [5.41, 5.74) is -0.157. The molecule has 1 atom stereocenters. The van der Waals surface area contributed by atoms with Gasteiger partial charge in [-0.15, -0.1) is 11.8 Å². The fourth-order valence-electron chi connectivity index (χ4n) is 3.69. The molecular formula is C18H23NO5S2. The second-order valence-corrected chi connectivity index (χ2v) is 10.5. The van der Waals surface area contributed by atoms with Crippen molar-refractivity contribution in [2.75, 3.05) is 30.3 Å². The quantitative estimate of drug-likeness (QED) is 0.811. The second-order valence-electron chi connectivity index (χ2n) is 6.97. The van der Waals surface area contributed by atoms with Gasteiger partial charge < -0.3 is 10.0 Å². The number of carbonyl (C=O) groups excluding carboxylic acids is 1. The van der Waals surface area contributed by atoms with Crippen LogP contribution in [0.5, 0.6) is 0 Å². The van der Waals surface area contributed by atoms with Crippen molar-refractivity contribution < 1.29 is 23.1 Å². The molecule has 1 aromatic carbocycles. The van der Waals surface area contributed by atoms with Crippen LogP contribution in [0.4, 0.5) is 0 Å². The number of amides is 1. The van der Waals surface area contributed by atoms with Gasteiger partial charge in [-0.1, -0.05) is 30.3 Å². The first-order valence-electron chi connectivity index (χ1n) is 8.71. The SMILES string of the molecule is O=C(CSC1CCS(=O)(=O)C1)N1CCC(C(=O)O)(c2ccccc2)CC1. The number of carbonyl (C=O) groups is 2. The molecule has 0 aromatic heterocycles. The number of benzene rings is 1. The number of hydrogen-bond acceptors (Lipinski definition) is 5. The van der Waals surface area contributed by atoms with E-state index in [0.29, 0.717) is 32.4 Å². The zero-order valence-electron chi connectivity index (χ0n) is 14.5. The van der Waals surface area contributed by atoms with Gasteiger partial charge in [0, 0.05) is 18.3 Å². The summed E-state index contributed by atoms with van der Waals surface area (Å²) in [6.07, 6.45) is 1.39. The van der Waals surface area contributed by atoms with Crippen molar-refractivity contribution in [1.82, 2.24) is 4.90 Å². The van der Waals surface area contributed by atoms with E-state index in [1.54, 1.807) is 4.90 Å². The van der Waals surface area contributed by atoms with Crippen molar-refractivity contribution in [3.8, 4) is 0 Å². The molecule has 6 nitrogen and oxygen atoms in total. The molecule has 1 amide bonds. The number of likely N-dealkylation sites (tertiary alicyclic amines) is 1. The zero-order chi connectivity index (χ0) is 18.8. The van der Waals surface area contributed by atoms with Crippen molar-refractivity contribution in [1.29, 1.82) is 0 Å². The van der Waals surface area contributed by atoms with Crippen LogP contribution in [-0.4, -0.2) is 65.9 Å². The Hall–Kier alpha value is -1.54. The van der Waals surface area contributed by atoms with Gasteiger partial charge in [-0.05, 0) is 24.8 Å². The highest BCUT2D eigenvalue weighted by Crippen LogP contribution is 2.36. The molecule has 0 saturated carbocycles. The standard InChI is InChI=1S/C18H23NO5S2/c20-16(12-25-15-6-11-26(23,24)13-15)19-9-7-18(8-10-19,17(21)22)14-4-2-1-3-5-14/h1-5,15H,6-13H2,(H,21,22). The fourth-order valence-corrected chi connectivity index (χ4v) is 7.24. The lowest BCUT2D eigenvalue weighted by Gasteiger charge is -2.39. The van der Waals surface area contributed by atoms with Gasteiger partial charge in [-0.3, -0.25) is 9.59 Å². The minimum Gasteiger partial charge on any atom is -0.481 e. The maximum absolute atomic E-state index is 12.4. The molecule has 2 saturated heterocycles. The van der Waals surface area contributed by atoms with E-state index >= 15 is 0 Å². The van der Waals surface area contributed by atoms with Crippen LogP contribution in [0.1, 0.15) is 24.8 Å². The first kappa shape index (κ1) is 19.2. The number of hydrogen-bond donors (Lipinski definition) is 1. The zero-order valence-corrected chi connectivity index (χ0v) is 16.1. The first-order valence-corrected chi connectivity index (χ1v) is 11.6. The Balaban J connectivity index is 1.57. The third-order valence-electron chi connectivity index (χ3n) is 5.34. The highest BCUT2D eigenvalue weighted by atomic mass is 32.2. The third kappa shape index (κ3) is 4.06. The minimum atomic E-state index is -2.93. The van der Waals surface area contributed by atoms with Gasteiger partial charge >= 0.3 is 5.97 Å². The van der Waals surface area contributed by atoms with Crippen LogP contribution in [0, 0.1) is 0 Å². The maximum atomic E-state index is 12.4. The van der Waals surface area contributed by atoms with E-state index in [1.165, 1.54) is 11.8 Å². The number of thioether (sulfide) groups is 1. The molecule has 3 rings (SSSR count). The Morgan fingerprint density at radius 2 is 1.85 bits per heavy atom. The number of aliphatic carboxylic acids is 1. The number of nitrogens with zero attached hydrogens (tertiary/aromatic N) is 1. The van der Waals surface area contributed by atoms with Crippen LogP contribution in [-0.2, 0) is 24.8 Å². The van der Waals surface area contributed by atoms with Crippen molar-refractivity contribution in [3.05, 3.63) is 35.9 Å². The predicted molar refractivity (Wildman–Crippen MR) is 101 cm³/mol. The highest BCUT2D eigenvalue weighted by molar-refractivity contribution is 8.02. The average Bonchev–Trinajstić information content (AvgIpc) is 2.99. The molecule has 2 aliphatic heterocycles. The topological polar surface area (TPSA) is 91.8 Å². The Labute approximate surface area is 157 Å². The lowest BCUT2D eigenvalue weighted by Crippen LogP contribution is -2.49. The van der Waals surface area contributed by atoms with E-state index in [0.717, 1.165) is 5.56 Å². The molecule has 26 heavy (non-hydrogen) atoms. The molecule has 8 heteroatoms. The van der Waals surface area contributed by atoms with Crippen LogP contribution in [0.3, 0.4) is 0 Å². The normalized spacial score (nSPS) is 24.3. The first-order chi connectivity index (χ1) is 12.3. The van der Waals surface area contributed by atoms with Gasteiger partial charge in [-0.25, -0.2) is 8.42 Å². The molecule has 1 aromatic rings. The third-order valence-corrected chi connectivity index (χ3v) is 8.60. The number of piperidine rings is 1. The molecule has 0 spiro atoms. The summed E-state index contributed by atoms with van der Waals surface area (Å²) in [6.45, 7) is 0.813. The van der Waals surface area contributed by atoms with Crippen LogP contribution in [0.2, 0.25) is 0 Å².